The zero-order chi connectivity index (χ0) is 25.8. The molecule has 2 aromatic rings. The lowest BCUT2D eigenvalue weighted by molar-refractivity contribution is 0.0635. The molecule has 2 heterocycles. The average molecular weight is 519 g/mol. The summed E-state index contributed by atoms with van der Waals surface area (Å²) in [6.07, 6.45) is 2.17. The van der Waals surface area contributed by atoms with Crippen LogP contribution in [0, 0.1) is 11.8 Å². The SMILES string of the molecule is CC#C[C@H]1CN(S(=O)(=O)c2ccc(NC(=O)OC(C)(C)C)nc2)CCN1c1ccc(S(C)=O)cc1. The molecular weight excluding hydrogens is 488 g/mol. The molecule has 1 unspecified atom stereocenters. The third kappa shape index (κ3) is 6.81. The molecule has 1 aromatic heterocycles. The van der Waals surface area contributed by atoms with E-state index in [-0.39, 0.29) is 29.8 Å². The number of aromatic nitrogens is 1. The van der Waals surface area contributed by atoms with Crippen LogP contribution in [0.25, 0.3) is 0 Å². The Morgan fingerprint density at radius 2 is 1.86 bits per heavy atom. The van der Waals surface area contributed by atoms with Crippen molar-refractivity contribution in [2.45, 2.75) is 49.1 Å². The number of rotatable bonds is 5. The number of carbonyl (C=O) groups is 1. The number of piperazine rings is 1. The topological polar surface area (TPSA) is 109 Å². The first-order chi connectivity index (χ1) is 16.4. The van der Waals surface area contributed by atoms with Gasteiger partial charge in [0.25, 0.3) is 0 Å². The number of anilines is 2. The van der Waals surface area contributed by atoms with E-state index in [1.54, 1.807) is 34.0 Å². The fourth-order valence-corrected chi connectivity index (χ4v) is 5.47. The summed E-state index contributed by atoms with van der Waals surface area (Å²) in [4.78, 5) is 18.8. The molecule has 0 radical (unpaired) electrons. The van der Waals surface area contributed by atoms with E-state index in [0.29, 0.717) is 6.54 Å². The molecule has 2 atom stereocenters. The Morgan fingerprint density at radius 3 is 2.40 bits per heavy atom. The lowest BCUT2D eigenvalue weighted by Gasteiger charge is -2.39. The van der Waals surface area contributed by atoms with Crippen LogP contribution in [0.4, 0.5) is 16.3 Å². The number of hydrogen-bond donors (Lipinski definition) is 1. The summed E-state index contributed by atoms with van der Waals surface area (Å²) in [6.45, 7) is 7.84. The molecule has 1 amide bonds. The highest BCUT2D eigenvalue weighted by molar-refractivity contribution is 7.89. The van der Waals surface area contributed by atoms with Gasteiger partial charge in [-0.15, -0.1) is 5.92 Å². The number of hydrogen-bond acceptors (Lipinski definition) is 7. The largest absolute Gasteiger partial charge is 0.444 e. The molecule has 35 heavy (non-hydrogen) atoms. The van der Waals surface area contributed by atoms with Gasteiger partial charge in [-0.1, -0.05) is 5.92 Å². The van der Waals surface area contributed by atoms with Crippen molar-refractivity contribution in [1.82, 2.24) is 9.29 Å². The van der Waals surface area contributed by atoms with Crippen LogP contribution in [0.2, 0.25) is 0 Å². The smallest absolute Gasteiger partial charge is 0.413 e. The van der Waals surface area contributed by atoms with Crippen LogP contribution < -0.4 is 10.2 Å². The first-order valence-corrected chi connectivity index (χ1v) is 14.0. The van der Waals surface area contributed by atoms with E-state index in [0.717, 1.165) is 10.6 Å². The number of amides is 1. The molecule has 1 aliphatic rings. The highest BCUT2D eigenvalue weighted by Crippen LogP contribution is 2.25. The van der Waals surface area contributed by atoms with E-state index in [2.05, 4.69) is 27.0 Å². The summed E-state index contributed by atoms with van der Waals surface area (Å²) in [7, 11) is -4.89. The molecule has 1 N–H and O–H groups in total. The maximum atomic E-state index is 13.3. The van der Waals surface area contributed by atoms with Crippen LogP contribution in [-0.4, -0.2) is 65.5 Å². The van der Waals surface area contributed by atoms with Gasteiger partial charge in [-0.05, 0) is 64.1 Å². The summed E-state index contributed by atoms with van der Waals surface area (Å²) < 4.78 is 44.9. The van der Waals surface area contributed by atoms with Crippen LogP contribution >= 0.6 is 0 Å². The van der Waals surface area contributed by atoms with E-state index in [4.69, 9.17) is 4.74 Å². The number of nitrogens with zero attached hydrogens (tertiary/aromatic N) is 3. The molecule has 0 bridgehead atoms. The van der Waals surface area contributed by atoms with Gasteiger partial charge in [-0.2, -0.15) is 4.31 Å². The monoisotopic (exact) mass is 518 g/mol. The fourth-order valence-electron chi connectivity index (χ4n) is 3.57. The molecule has 3 rings (SSSR count). The number of sulfonamides is 1. The third-order valence-corrected chi connectivity index (χ3v) is 7.94. The molecule has 1 fully saturated rings. The predicted molar refractivity (Wildman–Crippen MR) is 136 cm³/mol. The normalized spacial score (nSPS) is 17.7. The molecular formula is C24H30N4O5S2. The average Bonchev–Trinajstić information content (AvgIpc) is 2.78. The minimum atomic E-state index is -3.82. The van der Waals surface area contributed by atoms with Gasteiger partial charge in [0.15, 0.2) is 0 Å². The second kappa shape index (κ2) is 10.8. The van der Waals surface area contributed by atoms with Crippen molar-refractivity contribution in [3.8, 4) is 11.8 Å². The van der Waals surface area contributed by atoms with E-state index in [1.165, 1.54) is 22.6 Å². The number of benzene rings is 1. The molecule has 0 aliphatic carbocycles. The lowest BCUT2D eigenvalue weighted by atomic mass is 10.1. The Kier molecular flexibility index (Phi) is 8.20. The van der Waals surface area contributed by atoms with Gasteiger partial charge >= 0.3 is 6.09 Å². The second-order valence-corrected chi connectivity index (χ2v) is 12.2. The quantitative estimate of drug-likeness (QED) is 0.606. The van der Waals surface area contributed by atoms with E-state index >= 15 is 0 Å². The molecule has 188 valence electrons. The standard InChI is InChI=1S/C24H30N4O5S2/c1-6-7-19-17-27(14-15-28(19)18-8-10-20(11-9-18)34(5)30)35(31,32)21-12-13-22(25-16-21)26-23(29)33-24(2,3)4/h8-13,16,19H,14-15,17H2,1-5H3,(H,25,26,29)/t19-,34?/m0/s1. The van der Waals surface area contributed by atoms with Gasteiger partial charge < -0.3 is 9.64 Å². The Labute approximate surface area is 209 Å². The van der Waals surface area contributed by atoms with E-state index in [9.17, 15) is 17.4 Å². The number of ether oxygens (including phenoxy) is 1. The highest BCUT2D eigenvalue weighted by atomic mass is 32.2. The van der Waals surface area contributed by atoms with Crippen LogP contribution in [-0.2, 0) is 25.6 Å². The number of carbonyl (C=O) groups excluding carboxylic acids is 1. The minimum Gasteiger partial charge on any atom is -0.444 e. The van der Waals surface area contributed by atoms with Gasteiger partial charge in [-0.25, -0.2) is 18.2 Å². The lowest BCUT2D eigenvalue weighted by Crippen LogP contribution is -2.54. The maximum absolute atomic E-state index is 13.3. The second-order valence-electron chi connectivity index (χ2n) is 8.92. The maximum Gasteiger partial charge on any atom is 0.413 e. The summed E-state index contributed by atoms with van der Waals surface area (Å²) >= 11 is 0. The molecule has 1 saturated heterocycles. The van der Waals surface area contributed by atoms with Gasteiger partial charge in [-0.3, -0.25) is 9.53 Å². The molecule has 9 nitrogen and oxygen atoms in total. The van der Waals surface area contributed by atoms with Gasteiger partial charge in [0.05, 0.1) is 0 Å². The van der Waals surface area contributed by atoms with Crippen LogP contribution in [0.5, 0.6) is 0 Å². The molecule has 11 heteroatoms. The van der Waals surface area contributed by atoms with Crippen LogP contribution in [0.1, 0.15) is 27.7 Å². The van der Waals surface area contributed by atoms with Gasteiger partial charge in [0, 0.05) is 53.5 Å². The first-order valence-electron chi connectivity index (χ1n) is 11.0. The summed E-state index contributed by atoms with van der Waals surface area (Å²) in [5.74, 6) is 6.19. The van der Waals surface area contributed by atoms with Crippen molar-refractivity contribution in [3.05, 3.63) is 42.6 Å². The highest BCUT2D eigenvalue weighted by Gasteiger charge is 2.34. The predicted octanol–water partition coefficient (Wildman–Crippen LogP) is 3.07. The molecule has 1 aliphatic heterocycles. The van der Waals surface area contributed by atoms with Gasteiger partial charge in [0.2, 0.25) is 10.0 Å². The summed E-state index contributed by atoms with van der Waals surface area (Å²) in [6, 6.07) is 9.87. The zero-order valence-electron chi connectivity index (χ0n) is 20.4. The molecule has 0 saturated carbocycles. The van der Waals surface area contributed by atoms with Crippen molar-refractivity contribution in [1.29, 1.82) is 0 Å². The van der Waals surface area contributed by atoms with Crippen molar-refractivity contribution in [2.75, 3.05) is 36.1 Å². The van der Waals surface area contributed by atoms with Crippen molar-refractivity contribution >= 4 is 38.4 Å². The third-order valence-electron chi connectivity index (χ3n) is 5.16. The van der Waals surface area contributed by atoms with Crippen molar-refractivity contribution in [2.24, 2.45) is 0 Å². The Hall–Kier alpha value is -2.94. The van der Waals surface area contributed by atoms with E-state index in [1.807, 2.05) is 24.3 Å². The van der Waals surface area contributed by atoms with Crippen molar-refractivity contribution < 1.29 is 22.2 Å². The Morgan fingerprint density at radius 1 is 1.17 bits per heavy atom. The molecule has 1 aromatic carbocycles. The van der Waals surface area contributed by atoms with Crippen LogP contribution in [0.15, 0.2) is 52.4 Å². The summed E-state index contributed by atoms with van der Waals surface area (Å²) in [5.41, 5.74) is 0.229. The van der Waals surface area contributed by atoms with Crippen LogP contribution in [0.3, 0.4) is 0 Å². The molecule has 0 spiro atoms. The zero-order valence-corrected chi connectivity index (χ0v) is 22.1. The fraction of sp³-hybridized carbons (Fsp3) is 0.417. The van der Waals surface area contributed by atoms with Gasteiger partial charge in [0.1, 0.15) is 22.4 Å². The first kappa shape index (κ1) is 26.7. The Balaban J connectivity index is 1.74. The van der Waals surface area contributed by atoms with Crippen molar-refractivity contribution in [3.63, 3.8) is 0 Å². The minimum absolute atomic E-state index is 0.0266. The number of nitrogens with one attached hydrogen (secondary N) is 1. The summed E-state index contributed by atoms with van der Waals surface area (Å²) in [5, 5.41) is 2.49. The number of pyridine rings is 1. The Bertz CT molecular complexity index is 1240. The van der Waals surface area contributed by atoms with E-state index < -0.39 is 32.5 Å².